The van der Waals surface area contributed by atoms with Gasteiger partial charge in [0.25, 0.3) is 5.91 Å². The third-order valence-electron chi connectivity index (χ3n) is 5.25. The summed E-state index contributed by atoms with van der Waals surface area (Å²) in [7, 11) is 0. The van der Waals surface area contributed by atoms with E-state index in [0.29, 0.717) is 12.5 Å². The van der Waals surface area contributed by atoms with Crippen LogP contribution in [0.4, 0.5) is 0 Å². The fourth-order valence-corrected chi connectivity index (χ4v) is 4.80. The van der Waals surface area contributed by atoms with E-state index in [9.17, 15) is 4.79 Å². The van der Waals surface area contributed by atoms with Crippen LogP contribution in [0.1, 0.15) is 34.3 Å². The summed E-state index contributed by atoms with van der Waals surface area (Å²) in [5, 5.41) is 13.0. The lowest BCUT2D eigenvalue weighted by molar-refractivity contribution is 0.0919. The molecular formula is C20H23ClN4OS. The second-order valence-electron chi connectivity index (χ2n) is 7.21. The number of thiophene rings is 1. The molecule has 3 heterocycles. The molecule has 2 aromatic heterocycles. The zero-order valence-corrected chi connectivity index (χ0v) is 17.0. The van der Waals surface area contributed by atoms with Gasteiger partial charge >= 0.3 is 0 Å². The number of halogens is 1. The zero-order chi connectivity index (χ0) is 19.0. The number of aromatic nitrogens is 2. The van der Waals surface area contributed by atoms with Gasteiger partial charge in [0.15, 0.2) is 0 Å². The van der Waals surface area contributed by atoms with Crippen molar-refractivity contribution in [3.8, 4) is 0 Å². The molecule has 7 heteroatoms. The Bertz CT molecular complexity index is 980. The standard InChI is InChI=1S/C20H23ClN4OS/c1-12-7-8-22-10-17(12)23-19(26)18-9-15-13(2)24-25(20(15)27-18)11-14-5-3-4-6-16(14)21/h3-6,9,12,17,22H,7-8,10-11H2,1-2H3,(H,23,26)/t12-,17+/m0/s1. The van der Waals surface area contributed by atoms with Crippen LogP contribution in [0.2, 0.25) is 5.02 Å². The summed E-state index contributed by atoms with van der Waals surface area (Å²) < 4.78 is 1.94. The summed E-state index contributed by atoms with van der Waals surface area (Å²) in [6.07, 6.45) is 1.09. The van der Waals surface area contributed by atoms with Crippen molar-refractivity contribution in [3.63, 3.8) is 0 Å². The minimum Gasteiger partial charge on any atom is -0.347 e. The van der Waals surface area contributed by atoms with Crippen molar-refractivity contribution in [2.45, 2.75) is 32.9 Å². The van der Waals surface area contributed by atoms with E-state index < -0.39 is 0 Å². The second kappa shape index (κ2) is 7.62. The van der Waals surface area contributed by atoms with Crippen molar-refractivity contribution in [1.29, 1.82) is 0 Å². The molecule has 2 N–H and O–H groups in total. The van der Waals surface area contributed by atoms with Gasteiger partial charge in [-0.25, -0.2) is 0 Å². The quantitative estimate of drug-likeness (QED) is 0.697. The van der Waals surface area contributed by atoms with Crippen molar-refractivity contribution in [1.82, 2.24) is 20.4 Å². The van der Waals surface area contributed by atoms with E-state index in [4.69, 9.17) is 11.6 Å². The summed E-state index contributed by atoms with van der Waals surface area (Å²) in [4.78, 5) is 14.5. The minimum atomic E-state index is 0.000411. The number of amides is 1. The van der Waals surface area contributed by atoms with Crippen LogP contribution in [0, 0.1) is 12.8 Å². The predicted octanol–water partition coefficient (Wildman–Crippen LogP) is 3.84. The molecule has 1 aromatic carbocycles. The first-order valence-corrected chi connectivity index (χ1v) is 10.4. The summed E-state index contributed by atoms with van der Waals surface area (Å²) in [5.74, 6) is 0.488. The van der Waals surface area contributed by atoms with E-state index in [2.05, 4.69) is 22.7 Å². The number of hydrogen-bond donors (Lipinski definition) is 2. The SMILES string of the molecule is Cc1nn(Cc2ccccc2Cl)c2sc(C(=O)N[C@@H]3CNCC[C@@H]3C)cc12. The van der Waals surface area contributed by atoms with Gasteiger partial charge in [-0.3, -0.25) is 9.48 Å². The topological polar surface area (TPSA) is 59.0 Å². The van der Waals surface area contributed by atoms with Crippen molar-refractivity contribution >= 4 is 39.1 Å². The van der Waals surface area contributed by atoms with E-state index in [1.54, 1.807) is 0 Å². The molecular weight excluding hydrogens is 380 g/mol. The lowest BCUT2D eigenvalue weighted by Crippen LogP contribution is -2.50. The molecule has 4 rings (SSSR count). The van der Waals surface area contributed by atoms with Crippen molar-refractivity contribution < 1.29 is 4.79 Å². The Balaban J connectivity index is 1.59. The number of carbonyl (C=O) groups is 1. The van der Waals surface area contributed by atoms with E-state index in [-0.39, 0.29) is 11.9 Å². The van der Waals surface area contributed by atoms with Crippen molar-refractivity contribution in [3.05, 3.63) is 51.5 Å². The van der Waals surface area contributed by atoms with Gasteiger partial charge in [0.1, 0.15) is 4.83 Å². The molecule has 5 nitrogen and oxygen atoms in total. The second-order valence-corrected chi connectivity index (χ2v) is 8.65. The Hall–Kier alpha value is -1.89. The Kier molecular flexibility index (Phi) is 5.21. The number of carbonyl (C=O) groups excluding carboxylic acids is 1. The average Bonchev–Trinajstić information content (AvgIpc) is 3.21. The minimum absolute atomic E-state index is 0.000411. The average molecular weight is 403 g/mol. The summed E-state index contributed by atoms with van der Waals surface area (Å²) >= 11 is 7.79. The summed E-state index contributed by atoms with van der Waals surface area (Å²) in [5.41, 5.74) is 1.95. The van der Waals surface area contributed by atoms with Gasteiger partial charge < -0.3 is 10.6 Å². The molecule has 0 saturated carbocycles. The normalized spacial score (nSPS) is 20.1. The van der Waals surface area contributed by atoms with Gasteiger partial charge in [-0.1, -0.05) is 36.7 Å². The number of nitrogens with one attached hydrogen (secondary N) is 2. The van der Waals surface area contributed by atoms with E-state index >= 15 is 0 Å². The predicted molar refractivity (Wildman–Crippen MR) is 111 cm³/mol. The van der Waals surface area contributed by atoms with Gasteiger partial charge in [0.05, 0.1) is 17.1 Å². The lowest BCUT2D eigenvalue weighted by Gasteiger charge is -2.30. The van der Waals surface area contributed by atoms with E-state index in [1.165, 1.54) is 11.3 Å². The van der Waals surface area contributed by atoms with Gasteiger partial charge in [0.2, 0.25) is 0 Å². The Morgan fingerprint density at radius 1 is 1.44 bits per heavy atom. The number of hydrogen-bond acceptors (Lipinski definition) is 4. The monoisotopic (exact) mass is 402 g/mol. The highest BCUT2D eigenvalue weighted by molar-refractivity contribution is 7.20. The molecule has 0 spiro atoms. The fraction of sp³-hybridized carbons (Fsp3) is 0.400. The van der Waals surface area contributed by atoms with E-state index in [1.807, 2.05) is 41.9 Å². The van der Waals surface area contributed by atoms with Gasteiger partial charge in [-0.15, -0.1) is 11.3 Å². The molecule has 0 bridgehead atoms. The Labute approximate surface area is 167 Å². The van der Waals surface area contributed by atoms with Gasteiger partial charge in [-0.2, -0.15) is 5.10 Å². The van der Waals surface area contributed by atoms with Gasteiger partial charge in [0, 0.05) is 23.0 Å². The highest BCUT2D eigenvalue weighted by Crippen LogP contribution is 2.30. The van der Waals surface area contributed by atoms with Crippen molar-refractivity contribution in [2.24, 2.45) is 5.92 Å². The van der Waals surface area contributed by atoms with Gasteiger partial charge in [-0.05, 0) is 43.5 Å². The highest BCUT2D eigenvalue weighted by atomic mass is 35.5. The van der Waals surface area contributed by atoms with Crippen LogP contribution < -0.4 is 10.6 Å². The summed E-state index contributed by atoms with van der Waals surface area (Å²) in [6, 6.07) is 9.92. The first-order valence-electron chi connectivity index (χ1n) is 9.25. The molecule has 3 aromatic rings. The first kappa shape index (κ1) is 18.5. The highest BCUT2D eigenvalue weighted by Gasteiger charge is 2.24. The molecule has 1 aliphatic rings. The van der Waals surface area contributed by atoms with E-state index in [0.717, 1.165) is 50.9 Å². The first-order chi connectivity index (χ1) is 13.0. The molecule has 1 amide bonds. The van der Waals surface area contributed by atoms with Crippen LogP contribution in [0.5, 0.6) is 0 Å². The van der Waals surface area contributed by atoms with Crippen molar-refractivity contribution in [2.75, 3.05) is 13.1 Å². The third kappa shape index (κ3) is 3.74. The molecule has 1 fully saturated rings. The van der Waals surface area contributed by atoms with Crippen LogP contribution in [-0.2, 0) is 6.54 Å². The molecule has 142 valence electrons. The summed E-state index contributed by atoms with van der Waals surface area (Å²) in [6.45, 7) is 6.62. The van der Waals surface area contributed by atoms with Crippen LogP contribution in [0.3, 0.4) is 0 Å². The molecule has 2 atom stereocenters. The molecule has 1 saturated heterocycles. The number of benzene rings is 1. The Morgan fingerprint density at radius 2 is 2.26 bits per heavy atom. The molecule has 1 aliphatic heterocycles. The van der Waals surface area contributed by atoms with Crippen LogP contribution in [-0.4, -0.2) is 34.8 Å². The number of rotatable bonds is 4. The maximum Gasteiger partial charge on any atom is 0.261 e. The maximum absolute atomic E-state index is 12.8. The number of piperidine rings is 1. The molecule has 27 heavy (non-hydrogen) atoms. The smallest absolute Gasteiger partial charge is 0.261 e. The molecule has 0 unspecified atom stereocenters. The number of nitrogens with zero attached hydrogens (tertiary/aromatic N) is 2. The number of fused-ring (bicyclic) bond motifs is 1. The van der Waals surface area contributed by atoms with Crippen LogP contribution in [0.25, 0.3) is 10.2 Å². The molecule has 0 radical (unpaired) electrons. The largest absolute Gasteiger partial charge is 0.347 e. The molecule has 0 aliphatic carbocycles. The zero-order valence-electron chi connectivity index (χ0n) is 15.5. The number of aryl methyl sites for hydroxylation is 1. The van der Waals surface area contributed by atoms with Crippen LogP contribution >= 0.6 is 22.9 Å². The maximum atomic E-state index is 12.8. The fourth-order valence-electron chi connectivity index (χ4n) is 3.54. The van der Waals surface area contributed by atoms with Crippen LogP contribution in [0.15, 0.2) is 30.3 Å². The lowest BCUT2D eigenvalue weighted by atomic mass is 9.95. The Morgan fingerprint density at radius 3 is 3.04 bits per heavy atom. The third-order valence-corrected chi connectivity index (χ3v) is 6.77.